The van der Waals surface area contributed by atoms with Crippen molar-refractivity contribution in [3.8, 4) is 5.75 Å². The van der Waals surface area contributed by atoms with Gasteiger partial charge in [0, 0.05) is 18.0 Å². The van der Waals surface area contributed by atoms with Crippen molar-refractivity contribution in [2.75, 3.05) is 24.6 Å². The van der Waals surface area contributed by atoms with Crippen LogP contribution in [-0.2, 0) is 6.42 Å². The zero-order chi connectivity index (χ0) is 17.9. The lowest BCUT2D eigenvalue weighted by molar-refractivity contribution is 0.0958. The molecule has 0 bridgehead atoms. The van der Waals surface area contributed by atoms with Crippen LogP contribution < -0.4 is 15.0 Å². The van der Waals surface area contributed by atoms with E-state index in [4.69, 9.17) is 20.8 Å². The first kappa shape index (κ1) is 17.0. The highest BCUT2D eigenvalue weighted by Crippen LogP contribution is 2.40. The average Bonchev–Trinajstić information content (AvgIpc) is 3.33. The molecule has 0 fully saturated rings. The van der Waals surface area contributed by atoms with Gasteiger partial charge in [0.1, 0.15) is 18.1 Å². The van der Waals surface area contributed by atoms with Gasteiger partial charge in [0.15, 0.2) is 0 Å². The monoisotopic (exact) mass is 388 g/mol. The predicted octanol–water partition coefficient (Wildman–Crippen LogP) is 4.50. The molecular weight excluding hydrogens is 372 g/mol. The van der Waals surface area contributed by atoms with E-state index in [2.05, 4.69) is 10.2 Å². The van der Waals surface area contributed by atoms with E-state index in [0.717, 1.165) is 22.2 Å². The fourth-order valence-electron chi connectivity index (χ4n) is 2.86. The van der Waals surface area contributed by atoms with Crippen molar-refractivity contribution >= 4 is 39.5 Å². The van der Waals surface area contributed by atoms with Crippen LogP contribution in [0.1, 0.15) is 15.4 Å². The summed E-state index contributed by atoms with van der Waals surface area (Å²) in [4.78, 5) is 15.2. The number of carbonyl (C=O) groups is 1. The molecule has 1 aliphatic rings. The van der Waals surface area contributed by atoms with E-state index < -0.39 is 0 Å². The highest BCUT2D eigenvalue weighted by atomic mass is 35.5. The second kappa shape index (κ2) is 7.43. The molecule has 5 nitrogen and oxygen atoms in total. The molecule has 1 amide bonds. The molecule has 7 heteroatoms. The van der Waals surface area contributed by atoms with Gasteiger partial charge in [0.2, 0.25) is 0 Å². The molecule has 0 radical (unpaired) electrons. The standard InChI is InChI=1S/C19H17ClN2O3S/c20-13-3-4-16-15(12-13)22(9-11-25-16)18-6-5-17(26-18)19(23)21-8-7-14-2-1-10-24-14/h1-6,10,12H,7-9,11H2,(H,21,23). The van der Waals surface area contributed by atoms with Crippen LogP contribution in [0.25, 0.3) is 0 Å². The van der Waals surface area contributed by atoms with Gasteiger partial charge in [-0.05, 0) is 42.5 Å². The molecule has 0 saturated carbocycles. The minimum atomic E-state index is -0.0765. The van der Waals surface area contributed by atoms with Crippen LogP contribution in [0.5, 0.6) is 5.75 Å². The molecule has 3 heterocycles. The Bertz CT molecular complexity index is 907. The number of fused-ring (bicyclic) bond motifs is 1. The van der Waals surface area contributed by atoms with E-state index >= 15 is 0 Å². The summed E-state index contributed by atoms with van der Waals surface area (Å²) in [6, 6.07) is 13.1. The first-order valence-electron chi connectivity index (χ1n) is 8.31. The van der Waals surface area contributed by atoms with Crippen molar-refractivity contribution < 1.29 is 13.9 Å². The lowest BCUT2D eigenvalue weighted by atomic mass is 10.2. The number of nitrogens with one attached hydrogen (secondary N) is 1. The molecule has 0 atom stereocenters. The predicted molar refractivity (Wildman–Crippen MR) is 103 cm³/mol. The van der Waals surface area contributed by atoms with Crippen molar-refractivity contribution in [3.05, 3.63) is 64.4 Å². The number of anilines is 2. The maximum Gasteiger partial charge on any atom is 0.261 e. The topological polar surface area (TPSA) is 54.7 Å². The van der Waals surface area contributed by atoms with Crippen LogP contribution in [0.4, 0.5) is 10.7 Å². The Morgan fingerprint density at radius 3 is 3.04 bits per heavy atom. The van der Waals surface area contributed by atoms with E-state index in [0.29, 0.717) is 36.0 Å². The van der Waals surface area contributed by atoms with Gasteiger partial charge in [-0.2, -0.15) is 0 Å². The van der Waals surface area contributed by atoms with Crippen LogP contribution in [0.3, 0.4) is 0 Å². The number of rotatable bonds is 5. The second-order valence-electron chi connectivity index (χ2n) is 5.84. The largest absolute Gasteiger partial charge is 0.490 e. The normalized spacial score (nSPS) is 13.2. The third kappa shape index (κ3) is 3.57. The Morgan fingerprint density at radius 2 is 2.19 bits per heavy atom. The highest BCUT2D eigenvalue weighted by Gasteiger charge is 2.22. The summed E-state index contributed by atoms with van der Waals surface area (Å²) in [5, 5.41) is 4.58. The minimum Gasteiger partial charge on any atom is -0.490 e. The summed E-state index contributed by atoms with van der Waals surface area (Å²) in [5.41, 5.74) is 0.926. The van der Waals surface area contributed by atoms with Crippen LogP contribution >= 0.6 is 22.9 Å². The number of halogens is 1. The van der Waals surface area contributed by atoms with Crippen LogP contribution in [0.15, 0.2) is 53.1 Å². The summed E-state index contributed by atoms with van der Waals surface area (Å²) in [7, 11) is 0. The molecule has 1 N–H and O–H groups in total. The van der Waals surface area contributed by atoms with Gasteiger partial charge in [-0.3, -0.25) is 4.79 Å². The summed E-state index contributed by atoms with van der Waals surface area (Å²) < 4.78 is 11.0. The third-order valence-corrected chi connectivity index (χ3v) is 5.45. The van der Waals surface area contributed by atoms with Crippen LogP contribution in [-0.4, -0.2) is 25.6 Å². The molecule has 26 heavy (non-hydrogen) atoms. The van der Waals surface area contributed by atoms with Gasteiger partial charge in [-0.25, -0.2) is 0 Å². The number of nitrogens with zero attached hydrogens (tertiary/aromatic N) is 1. The lowest BCUT2D eigenvalue weighted by Crippen LogP contribution is -2.28. The number of furan rings is 1. The van der Waals surface area contributed by atoms with Crippen molar-refractivity contribution in [2.45, 2.75) is 6.42 Å². The van der Waals surface area contributed by atoms with Gasteiger partial charge in [0.25, 0.3) is 5.91 Å². The zero-order valence-corrected chi connectivity index (χ0v) is 15.5. The molecule has 0 saturated heterocycles. The first-order chi connectivity index (χ1) is 12.7. The Hall–Kier alpha value is -2.44. The fourth-order valence-corrected chi connectivity index (χ4v) is 3.98. The summed E-state index contributed by atoms with van der Waals surface area (Å²) >= 11 is 7.59. The molecule has 1 aliphatic heterocycles. The summed E-state index contributed by atoms with van der Waals surface area (Å²) in [6.45, 7) is 1.85. The fraction of sp³-hybridized carbons (Fsp3) is 0.211. The SMILES string of the molecule is O=C(NCCc1ccco1)c1ccc(N2CCOc3ccc(Cl)cc32)s1. The van der Waals surface area contributed by atoms with Crippen LogP contribution in [0, 0.1) is 0 Å². The van der Waals surface area contributed by atoms with Crippen molar-refractivity contribution in [1.82, 2.24) is 5.32 Å². The van der Waals surface area contributed by atoms with E-state index in [9.17, 15) is 4.79 Å². The number of amides is 1. The maximum absolute atomic E-state index is 12.4. The quantitative estimate of drug-likeness (QED) is 0.699. The van der Waals surface area contributed by atoms with Crippen LogP contribution in [0.2, 0.25) is 5.02 Å². The molecule has 2 aromatic heterocycles. The number of thiophene rings is 1. The number of carbonyl (C=O) groups excluding carboxylic acids is 1. The van der Waals surface area contributed by atoms with E-state index in [1.807, 2.05) is 42.5 Å². The van der Waals surface area contributed by atoms with Gasteiger partial charge >= 0.3 is 0 Å². The Morgan fingerprint density at radius 1 is 1.27 bits per heavy atom. The van der Waals surface area contributed by atoms with Gasteiger partial charge in [0.05, 0.1) is 28.4 Å². The Labute approximate surface area is 160 Å². The van der Waals surface area contributed by atoms with E-state index in [-0.39, 0.29) is 5.91 Å². The molecule has 3 aromatic rings. The molecule has 0 unspecified atom stereocenters. The smallest absolute Gasteiger partial charge is 0.261 e. The number of hydrogen-bond acceptors (Lipinski definition) is 5. The van der Waals surface area contributed by atoms with E-state index in [1.165, 1.54) is 11.3 Å². The molecule has 4 rings (SSSR count). The average molecular weight is 389 g/mol. The second-order valence-corrected chi connectivity index (χ2v) is 7.33. The van der Waals surface area contributed by atoms with Gasteiger partial charge < -0.3 is 19.4 Å². The van der Waals surface area contributed by atoms with Crippen molar-refractivity contribution in [3.63, 3.8) is 0 Å². The van der Waals surface area contributed by atoms with E-state index in [1.54, 1.807) is 6.26 Å². The number of hydrogen-bond donors (Lipinski definition) is 1. The Balaban J connectivity index is 1.45. The number of ether oxygens (including phenoxy) is 1. The number of benzene rings is 1. The van der Waals surface area contributed by atoms with Gasteiger partial charge in [-0.15, -0.1) is 11.3 Å². The Kier molecular flexibility index (Phi) is 4.86. The zero-order valence-electron chi connectivity index (χ0n) is 13.9. The van der Waals surface area contributed by atoms with Gasteiger partial charge in [-0.1, -0.05) is 11.6 Å². The molecule has 134 valence electrons. The summed E-state index contributed by atoms with van der Waals surface area (Å²) in [6.07, 6.45) is 2.31. The molecule has 1 aromatic carbocycles. The summed E-state index contributed by atoms with van der Waals surface area (Å²) in [5.74, 6) is 1.59. The first-order valence-corrected chi connectivity index (χ1v) is 9.50. The minimum absolute atomic E-state index is 0.0765. The third-order valence-electron chi connectivity index (χ3n) is 4.10. The van der Waals surface area contributed by atoms with Crippen molar-refractivity contribution in [1.29, 1.82) is 0 Å². The lowest BCUT2D eigenvalue weighted by Gasteiger charge is -2.30. The highest BCUT2D eigenvalue weighted by molar-refractivity contribution is 7.18. The maximum atomic E-state index is 12.4. The van der Waals surface area contributed by atoms with Crippen molar-refractivity contribution in [2.24, 2.45) is 0 Å². The molecular formula is C19H17ClN2O3S. The molecule has 0 aliphatic carbocycles. The molecule has 0 spiro atoms.